The number of nitrogens with zero attached hydrogens (tertiary/aromatic N) is 1. The van der Waals surface area contributed by atoms with Crippen molar-refractivity contribution < 1.29 is 22.7 Å². The molecule has 0 saturated carbocycles. The molecule has 8 heteroatoms. The second-order valence-corrected chi connectivity index (χ2v) is 9.95. The van der Waals surface area contributed by atoms with Crippen molar-refractivity contribution >= 4 is 21.6 Å². The first-order valence-electron chi connectivity index (χ1n) is 10.2. The number of methoxy groups -OCH3 is 1. The van der Waals surface area contributed by atoms with E-state index in [2.05, 4.69) is 19.2 Å². The van der Waals surface area contributed by atoms with Gasteiger partial charge < -0.3 is 19.4 Å². The van der Waals surface area contributed by atoms with Crippen LogP contribution < -0.4 is 10.1 Å². The molecule has 1 aromatic carbocycles. The monoisotopic (exact) mass is 434 g/mol. The van der Waals surface area contributed by atoms with Gasteiger partial charge in [-0.25, -0.2) is 8.42 Å². The standard InChI is InChI=1S/C22H30N2O5S/c1-14(2)13-24-16(4)15(3)20(21(24)23-22(25)19-7-6-12-29-19)30(26,27)18-10-8-17(28-5)9-11-18/h8-11,14,19H,6-7,12-13H2,1-5H3,(H,23,25)/t19-/m0/s1. The summed E-state index contributed by atoms with van der Waals surface area (Å²) in [6.45, 7) is 8.90. The Balaban J connectivity index is 2.12. The molecule has 1 fully saturated rings. The Bertz CT molecular complexity index is 1020. The Kier molecular flexibility index (Phi) is 6.57. The molecule has 1 aliphatic rings. The second-order valence-electron chi connectivity index (χ2n) is 8.06. The summed E-state index contributed by atoms with van der Waals surface area (Å²) in [4.78, 5) is 13.1. The Morgan fingerprint density at radius 3 is 2.47 bits per heavy atom. The van der Waals surface area contributed by atoms with E-state index < -0.39 is 15.9 Å². The zero-order valence-corrected chi connectivity index (χ0v) is 19.0. The number of rotatable bonds is 7. The van der Waals surface area contributed by atoms with Crippen LogP contribution in [0, 0.1) is 19.8 Å². The minimum atomic E-state index is -3.86. The summed E-state index contributed by atoms with van der Waals surface area (Å²) in [5.74, 6) is 0.854. The molecule has 0 radical (unpaired) electrons. The summed E-state index contributed by atoms with van der Waals surface area (Å²) in [5, 5.41) is 2.88. The van der Waals surface area contributed by atoms with E-state index >= 15 is 0 Å². The van der Waals surface area contributed by atoms with Crippen LogP contribution in [-0.4, -0.2) is 38.7 Å². The van der Waals surface area contributed by atoms with Gasteiger partial charge in [-0.05, 0) is 62.4 Å². The molecule has 164 valence electrons. The van der Waals surface area contributed by atoms with E-state index in [4.69, 9.17) is 9.47 Å². The van der Waals surface area contributed by atoms with Crippen LogP contribution in [0.25, 0.3) is 0 Å². The number of hydrogen-bond donors (Lipinski definition) is 1. The van der Waals surface area contributed by atoms with Crippen molar-refractivity contribution in [1.29, 1.82) is 0 Å². The summed E-state index contributed by atoms with van der Waals surface area (Å²) >= 11 is 0. The number of carbonyl (C=O) groups excluding carboxylic acids is 1. The van der Waals surface area contributed by atoms with Gasteiger partial charge in [0.25, 0.3) is 5.91 Å². The van der Waals surface area contributed by atoms with E-state index in [-0.39, 0.29) is 21.6 Å². The third-order valence-electron chi connectivity index (χ3n) is 5.42. The third kappa shape index (κ3) is 4.25. The lowest BCUT2D eigenvalue weighted by molar-refractivity contribution is -0.124. The number of hydrogen-bond acceptors (Lipinski definition) is 5. The van der Waals surface area contributed by atoms with Crippen molar-refractivity contribution in [2.75, 3.05) is 19.0 Å². The van der Waals surface area contributed by atoms with Crippen LogP contribution in [0.3, 0.4) is 0 Å². The van der Waals surface area contributed by atoms with E-state index in [9.17, 15) is 13.2 Å². The fourth-order valence-electron chi connectivity index (χ4n) is 3.74. The number of amides is 1. The van der Waals surface area contributed by atoms with Crippen molar-refractivity contribution in [3.63, 3.8) is 0 Å². The van der Waals surface area contributed by atoms with Gasteiger partial charge in [0.15, 0.2) is 0 Å². The number of ether oxygens (including phenoxy) is 2. The average Bonchev–Trinajstić information content (AvgIpc) is 3.32. The molecule has 1 amide bonds. The van der Waals surface area contributed by atoms with Crippen LogP contribution in [0.4, 0.5) is 5.82 Å². The molecule has 2 heterocycles. The molecule has 1 saturated heterocycles. The van der Waals surface area contributed by atoms with Crippen LogP contribution in [0.15, 0.2) is 34.1 Å². The molecule has 1 atom stereocenters. The summed E-state index contributed by atoms with van der Waals surface area (Å²) in [5.41, 5.74) is 1.45. The Morgan fingerprint density at radius 1 is 1.27 bits per heavy atom. The molecule has 0 spiro atoms. The fraction of sp³-hybridized carbons (Fsp3) is 0.500. The van der Waals surface area contributed by atoms with Crippen LogP contribution in [0.1, 0.15) is 37.9 Å². The van der Waals surface area contributed by atoms with Gasteiger partial charge >= 0.3 is 0 Å². The van der Waals surface area contributed by atoms with Crippen molar-refractivity contribution in [1.82, 2.24) is 4.57 Å². The van der Waals surface area contributed by atoms with Crippen LogP contribution >= 0.6 is 0 Å². The Morgan fingerprint density at radius 2 is 1.93 bits per heavy atom. The minimum absolute atomic E-state index is 0.136. The number of nitrogens with one attached hydrogen (secondary N) is 1. The number of carbonyl (C=O) groups is 1. The maximum atomic E-state index is 13.6. The van der Waals surface area contributed by atoms with E-state index in [0.29, 0.717) is 36.7 Å². The number of benzene rings is 1. The average molecular weight is 435 g/mol. The summed E-state index contributed by atoms with van der Waals surface area (Å²) in [7, 11) is -2.33. The normalized spacial score (nSPS) is 16.8. The number of anilines is 1. The molecule has 2 aromatic rings. The lowest BCUT2D eigenvalue weighted by Crippen LogP contribution is -2.29. The SMILES string of the molecule is COc1ccc(S(=O)(=O)c2c(C)c(C)n(CC(C)C)c2NC(=O)[C@@H]2CCCO2)cc1. The Hall–Kier alpha value is -2.32. The summed E-state index contributed by atoms with van der Waals surface area (Å²) < 4.78 is 39.7. The predicted octanol–water partition coefficient (Wildman–Crippen LogP) is 3.72. The molecule has 1 N–H and O–H groups in total. The van der Waals surface area contributed by atoms with E-state index in [1.807, 2.05) is 11.5 Å². The van der Waals surface area contributed by atoms with Crippen molar-refractivity contribution in [2.24, 2.45) is 5.92 Å². The first kappa shape index (κ1) is 22.4. The molecular formula is C22H30N2O5S. The molecule has 1 aromatic heterocycles. The minimum Gasteiger partial charge on any atom is -0.497 e. The van der Waals surface area contributed by atoms with E-state index in [1.165, 1.54) is 19.2 Å². The molecule has 0 unspecified atom stereocenters. The zero-order valence-electron chi connectivity index (χ0n) is 18.2. The molecule has 30 heavy (non-hydrogen) atoms. The van der Waals surface area contributed by atoms with Crippen LogP contribution in [0.5, 0.6) is 5.75 Å². The summed E-state index contributed by atoms with van der Waals surface area (Å²) in [6.07, 6.45) is 0.902. The van der Waals surface area contributed by atoms with Crippen LogP contribution in [-0.2, 0) is 25.9 Å². The highest BCUT2D eigenvalue weighted by atomic mass is 32.2. The van der Waals surface area contributed by atoms with Gasteiger partial charge in [-0.15, -0.1) is 0 Å². The molecule has 1 aliphatic heterocycles. The van der Waals surface area contributed by atoms with Crippen LogP contribution in [0.2, 0.25) is 0 Å². The van der Waals surface area contributed by atoms with Gasteiger partial charge in [-0.1, -0.05) is 13.8 Å². The van der Waals surface area contributed by atoms with E-state index in [0.717, 1.165) is 12.1 Å². The van der Waals surface area contributed by atoms with Gasteiger partial charge in [0.05, 0.1) is 12.0 Å². The molecular weight excluding hydrogens is 404 g/mol. The Labute approximate surface area is 178 Å². The molecule has 0 aliphatic carbocycles. The molecule has 7 nitrogen and oxygen atoms in total. The smallest absolute Gasteiger partial charge is 0.254 e. The lowest BCUT2D eigenvalue weighted by atomic mass is 10.2. The number of aromatic nitrogens is 1. The highest BCUT2D eigenvalue weighted by Crippen LogP contribution is 2.36. The lowest BCUT2D eigenvalue weighted by Gasteiger charge is -2.18. The topological polar surface area (TPSA) is 86.6 Å². The van der Waals surface area contributed by atoms with Crippen molar-refractivity contribution in [2.45, 2.75) is 63.0 Å². The second kappa shape index (κ2) is 8.81. The zero-order chi connectivity index (χ0) is 22.1. The van der Waals surface area contributed by atoms with Gasteiger partial charge in [0.2, 0.25) is 9.84 Å². The van der Waals surface area contributed by atoms with Crippen molar-refractivity contribution in [3.8, 4) is 5.75 Å². The van der Waals surface area contributed by atoms with Crippen molar-refractivity contribution in [3.05, 3.63) is 35.5 Å². The predicted molar refractivity (Wildman–Crippen MR) is 115 cm³/mol. The maximum absolute atomic E-state index is 13.6. The largest absolute Gasteiger partial charge is 0.497 e. The van der Waals surface area contributed by atoms with Gasteiger partial charge in [0.1, 0.15) is 22.6 Å². The quantitative estimate of drug-likeness (QED) is 0.718. The molecule has 0 bridgehead atoms. The fourth-order valence-corrected chi connectivity index (χ4v) is 5.43. The highest BCUT2D eigenvalue weighted by Gasteiger charge is 2.33. The van der Waals surface area contributed by atoms with E-state index in [1.54, 1.807) is 19.1 Å². The maximum Gasteiger partial charge on any atom is 0.254 e. The first-order chi connectivity index (χ1) is 14.2. The van der Waals surface area contributed by atoms with Gasteiger partial charge in [-0.2, -0.15) is 0 Å². The van der Waals surface area contributed by atoms with Gasteiger partial charge in [0, 0.05) is 18.8 Å². The van der Waals surface area contributed by atoms with Gasteiger partial charge in [-0.3, -0.25) is 4.79 Å². The highest BCUT2D eigenvalue weighted by molar-refractivity contribution is 7.91. The first-order valence-corrected chi connectivity index (χ1v) is 11.7. The molecule has 3 rings (SSSR count). The summed E-state index contributed by atoms with van der Waals surface area (Å²) in [6, 6.07) is 6.28. The number of sulfone groups is 1. The third-order valence-corrected chi connectivity index (χ3v) is 7.35.